The van der Waals surface area contributed by atoms with Crippen LogP contribution < -0.4 is 10.6 Å². The molecule has 0 aliphatic carbocycles. The molecule has 0 unspecified atom stereocenters. The number of nitro benzene ring substituents is 1. The summed E-state index contributed by atoms with van der Waals surface area (Å²) in [6.07, 6.45) is 0.0157. The first-order chi connectivity index (χ1) is 15.0. The van der Waals surface area contributed by atoms with Crippen molar-refractivity contribution in [3.8, 4) is 0 Å². The van der Waals surface area contributed by atoms with Gasteiger partial charge in [-0.1, -0.05) is 26.0 Å². The third-order valence-corrected chi connectivity index (χ3v) is 4.70. The predicted octanol–water partition coefficient (Wildman–Crippen LogP) is 1.45. The summed E-state index contributed by atoms with van der Waals surface area (Å²) in [5.41, 5.74) is 0.212. The molecule has 11 nitrogen and oxygen atoms in total. The second-order valence-electron chi connectivity index (χ2n) is 7.63. The van der Waals surface area contributed by atoms with Gasteiger partial charge in [-0.3, -0.25) is 24.5 Å². The second kappa shape index (κ2) is 12.4. The average Bonchev–Trinajstić information content (AvgIpc) is 2.74. The number of nitro groups is 1. The van der Waals surface area contributed by atoms with Crippen LogP contribution in [0.3, 0.4) is 0 Å². The van der Waals surface area contributed by atoms with Gasteiger partial charge in [0.25, 0.3) is 5.69 Å². The Morgan fingerprint density at radius 2 is 1.62 bits per heavy atom. The summed E-state index contributed by atoms with van der Waals surface area (Å²) in [6, 6.07) is 3.04. The third-order valence-electron chi connectivity index (χ3n) is 4.70. The fraction of sp³-hybridized carbons (Fsp3) is 0.524. The van der Waals surface area contributed by atoms with E-state index in [-0.39, 0.29) is 18.0 Å². The Hall–Kier alpha value is -3.50. The van der Waals surface area contributed by atoms with Crippen LogP contribution in [0.5, 0.6) is 0 Å². The molecule has 1 aromatic carbocycles. The monoisotopic (exact) mass is 451 g/mol. The zero-order valence-electron chi connectivity index (χ0n) is 18.7. The van der Waals surface area contributed by atoms with Crippen molar-refractivity contribution >= 4 is 29.4 Å². The molecule has 0 saturated carbocycles. The molecule has 0 aromatic heterocycles. The molecule has 32 heavy (non-hydrogen) atoms. The second-order valence-corrected chi connectivity index (χ2v) is 7.63. The molecule has 1 aromatic rings. The molecule has 0 aliphatic rings. The Labute approximate surface area is 186 Å². The van der Waals surface area contributed by atoms with Crippen molar-refractivity contribution in [2.75, 3.05) is 14.2 Å². The van der Waals surface area contributed by atoms with Crippen LogP contribution in [0.4, 0.5) is 5.69 Å². The van der Waals surface area contributed by atoms with Crippen molar-refractivity contribution in [1.29, 1.82) is 0 Å². The van der Waals surface area contributed by atoms with Gasteiger partial charge in [-0.25, -0.2) is 4.79 Å². The van der Waals surface area contributed by atoms with E-state index in [0.29, 0.717) is 12.0 Å². The van der Waals surface area contributed by atoms with Gasteiger partial charge in [-0.05, 0) is 17.9 Å². The number of nitrogens with zero attached hydrogens (tertiary/aromatic N) is 1. The van der Waals surface area contributed by atoms with Crippen molar-refractivity contribution < 1.29 is 33.6 Å². The van der Waals surface area contributed by atoms with Gasteiger partial charge in [0.1, 0.15) is 12.1 Å². The van der Waals surface area contributed by atoms with E-state index in [1.165, 1.54) is 38.3 Å². The molecule has 2 N–H and O–H groups in total. The largest absolute Gasteiger partial charge is 0.469 e. The lowest BCUT2D eigenvalue weighted by molar-refractivity contribution is -0.384. The van der Waals surface area contributed by atoms with Crippen LogP contribution in [-0.2, 0) is 28.7 Å². The summed E-state index contributed by atoms with van der Waals surface area (Å²) in [4.78, 5) is 59.5. The normalized spacial score (nSPS) is 13.4. The number of rotatable bonds is 11. The van der Waals surface area contributed by atoms with E-state index in [2.05, 4.69) is 10.6 Å². The van der Waals surface area contributed by atoms with Crippen molar-refractivity contribution in [2.24, 2.45) is 5.92 Å². The minimum Gasteiger partial charge on any atom is -0.469 e. The van der Waals surface area contributed by atoms with Crippen LogP contribution in [0.1, 0.15) is 45.1 Å². The number of hydrogen-bond acceptors (Lipinski definition) is 8. The quantitative estimate of drug-likeness (QED) is 0.291. The summed E-state index contributed by atoms with van der Waals surface area (Å²) in [6.45, 7) is 5.02. The Balaban J connectivity index is 3.34. The number of non-ortho nitro benzene ring substituents is 1. The minimum absolute atomic E-state index is 0.0646. The van der Waals surface area contributed by atoms with Crippen molar-refractivity contribution in [2.45, 2.75) is 51.6 Å². The first-order valence-corrected chi connectivity index (χ1v) is 9.96. The summed E-state index contributed by atoms with van der Waals surface area (Å²) in [5, 5.41) is 16.1. The summed E-state index contributed by atoms with van der Waals surface area (Å²) >= 11 is 0. The first-order valence-electron chi connectivity index (χ1n) is 9.96. The van der Waals surface area contributed by atoms with Crippen LogP contribution in [0, 0.1) is 16.0 Å². The number of benzene rings is 1. The predicted molar refractivity (Wildman–Crippen MR) is 113 cm³/mol. The Kier molecular flexibility index (Phi) is 10.3. The lowest BCUT2D eigenvalue weighted by Gasteiger charge is -2.28. The molecule has 1 rings (SSSR count). The van der Waals surface area contributed by atoms with E-state index in [9.17, 15) is 29.3 Å². The topological polar surface area (TPSA) is 154 Å². The van der Waals surface area contributed by atoms with Crippen molar-refractivity contribution in [3.05, 3.63) is 39.9 Å². The number of esters is 2. The van der Waals surface area contributed by atoms with Crippen LogP contribution in [0.15, 0.2) is 24.3 Å². The zero-order chi connectivity index (χ0) is 24.4. The van der Waals surface area contributed by atoms with Crippen LogP contribution >= 0.6 is 0 Å². The Bertz CT molecular complexity index is 838. The molecule has 3 atom stereocenters. The van der Waals surface area contributed by atoms with E-state index in [0.717, 1.165) is 7.11 Å². The molecule has 0 aliphatic heterocycles. The fourth-order valence-corrected chi connectivity index (χ4v) is 3.19. The highest BCUT2D eigenvalue weighted by Gasteiger charge is 2.36. The average molecular weight is 451 g/mol. The van der Waals surface area contributed by atoms with Crippen LogP contribution in [0.2, 0.25) is 0 Å². The molecule has 0 radical (unpaired) electrons. The molecule has 0 bridgehead atoms. The van der Waals surface area contributed by atoms with Gasteiger partial charge in [0.2, 0.25) is 11.8 Å². The maximum absolute atomic E-state index is 12.9. The molecular weight excluding hydrogens is 422 g/mol. The minimum atomic E-state index is -1.31. The van der Waals surface area contributed by atoms with Gasteiger partial charge >= 0.3 is 11.9 Å². The maximum atomic E-state index is 12.9. The number of nitrogens with one attached hydrogen (secondary N) is 2. The highest BCUT2D eigenvalue weighted by Crippen LogP contribution is 2.27. The summed E-state index contributed by atoms with van der Waals surface area (Å²) in [5.74, 6) is -3.39. The highest BCUT2D eigenvalue weighted by atomic mass is 16.6. The SMILES string of the molecule is COC(=O)C[C@@H](c1ccc([N+](=O)[O-])cc1)[C@@H](NC(=O)[C@H](CC(C)C)NC(C)=O)C(=O)OC. The number of carbonyl (C=O) groups is 4. The molecule has 0 saturated heterocycles. The lowest BCUT2D eigenvalue weighted by Crippen LogP contribution is -2.53. The fourth-order valence-electron chi connectivity index (χ4n) is 3.19. The number of ether oxygens (including phenoxy) is 2. The number of hydrogen-bond donors (Lipinski definition) is 2. The molecule has 2 amide bonds. The van der Waals surface area contributed by atoms with Crippen molar-refractivity contribution in [3.63, 3.8) is 0 Å². The maximum Gasteiger partial charge on any atom is 0.329 e. The number of amides is 2. The molecule has 0 heterocycles. The lowest BCUT2D eigenvalue weighted by atomic mass is 9.87. The van der Waals surface area contributed by atoms with Gasteiger partial charge < -0.3 is 20.1 Å². The Morgan fingerprint density at radius 1 is 1.03 bits per heavy atom. The molecule has 0 fully saturated rings. The van der Waals surface area contributed by atoms with Crippen molar-refractivity contribution in [1.82, 2.24) is 10.6 Å². The van der Waals surface area contributed by atoms with Gasteiger partial charge in [0.15, 0.2) is 0 Å². The molecular formula is C21H29N3O8. The number of carbonyl (C=O) groups excluding carboxylic acids is 4. The summed E-state index contributed by atoms with van der Waals surface area (Å²) in [7, 11) is 2.31. The zero-order valence-corrected chi connectivity index (χ0v) is 18.7. The molecule has 176 valence electrons. The van der Waals surface area contributed by atoms with Gasteiger partial charge in [-0.15, -0.1) is 0 Å². The summed E-state index contributed by atoms with van der Waals surface area (Å²) < 4.78 is 9.55. The first kappa shape index (κ1) is 26.5. The van der Waals surface area contributed by atoms with E-state index in [1.54, 1.807) is 0 Å². The van der Waals surface area contributed by atoms with E-state index < -0.39 is 46.7 Å². The number of methoxy groups -OCH3 is 2. The van der Waals surface area contributed by atoms with Crippen LogP contribution in [-0.4, -0.2) is 55.0 Å². The van der Waals surface area contributed by atoms with E-state index in [1.807, 2.05) is 13.8 Å². The highest BCUT2D eigenvalue weighted by molar-refractivity contribution is 5.91. The third kappa shape index (κ3) is 7.97. The van der Waals surface area contributed by atoms with Crippen LogP contribution in [0.25, 0.3) is 0 Å². The smallest absolute Gasteiger partial charge is 0.329 e. The van der Waals surface area contributed by atoms with Gasteiger partial charge in [0, 0.05) is 25.0 Å². The molecule has 11 heteroatoms. The standard InChI is InChI=1S/C21H29N3O8/c1-12(2)10-17(22-13(3)25)20(27)23-19(21(28)32-5)16(11-18(26)31-4)14-6-8-15(9-7-14)24(29)30/h6-9,12,16-17,19H,10-11H2,1-5H3,(H,22,25)(H,23,27)/t16-,17-,19+/m0/s1. The van der Waals surface area contributed by atoms with E-state index >= 15 is 0 Å². The Morgan fingerprint density at radius 3 is 2.06 bits per heavy atom. The van der Waals surface area contributed by atoms with E-state index in [4.69, 9.17) is 9.47 Å². The van der Waals surface area contributed by atoms with Gasteiger partial charge in [-0.2, -0.15) is 0 Å². The molecule has 0 spiro atoms. The van der Waals surface area contributed by atoms with Gasteiger partial charge in [0.05, 0.1) is 25.6 Å².